The molecule has 1 aliphatic rings. The van der Waals surface area contributed by atoms with Crippen molar-refractivity contribution in [3.8, 4) is 0 Å². The van der Waals surface area contributed by atoms with E-state index in [9.17, 15) is 19.2 Å². The zero-order valence-corrected chi connectivity index (χ0v) is 20.2. The Bertz CT molecular complexity index is 888. The number of carbonyl (C=O) groups excluding carboxylic acids is 5. The molecule has 2 amide bonds. The molecule has 2 rings (SSSR count). The molecule has 9 heteroatoms. The maximum absolute atomic E-state index is 13.2. The van der Waals surface area contributed by atoms with Gasteiger partial charge < -0.3 is 21.1 Å². The van der Waals surface area contributed by atoms with Crippen LogP contribution in [0, 0.1) is 0 Å². The molecule has 186 valence electrons. The first-order valence-corrected chi connectivity index (χ1v) is 11.6. The molecule has 0 aliphatic heterocycles. The molecule has 0 saturated heterocycles. The Balaban J connectivity index is 2.20. The fourth-order valence-electron chi connectivity index (χ4n) is 3.89. The third-order valence-corrected chi connectivity index (χ3v) is 5.64. The molecule has 1 aromatic carbocycles. The molecular weight excluding hydrogens is 438 g/mol. The molecule has 1 aliphatic carbocycles. The highest BCUT2D eigenvalue weighted by Gasteiger charge is 2.40. The monoisotopic (exact) mass is 474 g/mol. The second-order valence-electron chi connectivity index (χ2n) is 9.75. The molecule has 1 saturated carbocycles. The van der Waals surface area contributed by atoms with Crippen molar-refractivity contribution in [1.29, 1.82) is 0 Å². The van der Waals surface area contributed by atoms with Crippen LogP contribution in [0.3, 0.4) is 0 Å². The summed E-state index contributed by atoms with van der Waals surface area (Å²) in [5, 5.41) is 5.29. The average Bonchev–Trinajstić information content (AvgIpc) is 2.77. The Morgan fingerprint density at radius 3 is 2.24 bits per heavy atom. The molecule has 0 spiro atoms. The van der Waals surface area contributed by atoms with E-state index in [0.29, 0.717) is 12.8 Å². The first-order chi connectivity index (χ1) is 15.9. The van der Waals surface area contributed by atoms with Gasteiger partial charge in [-0.2, -0.15) is 0 Å². The molecule has 2 atom stereocenters. The van der Waals surface area contributed by atoms with Gasteiger partial charge in [0.1, 0.15) is 11.6 Å². The highest BCUT2D eigenvalue weighted by Crippen LogP contribution is 2.26. The predicted molar refractivity (Wildman–Crippen MR) is 127 cm³/mol. The minimum absolute atomic E-state index is 0.174. The van der Waals surface area contributed by atoms with Crippen LogP contribution in [-0.2, 0) is 34.8 Å². The predicted octanol–water partition coefficient (Wildman–Crippen LogP) is 1.48. The lowest BCUT2D eigenvalue weighted by molar-refractivity contribution is -0.371. The van der Waals surface area contributed by atoms with Crippen molar-refractivity contribution in [1.82, 2.24) is 10.6 Å². The van der Waals surface area contributed by atoms with Gasteiger partial charge in [-0.25, -0.2) is 0 Å². The van der Waals surface area contributed by atoms with E-state index in [1.165, 1.54) is 0 Å². The highest BCUT2D eigenvalue weighted by molar-refractivity contribution is 5.94. The second kappa shape index (κ2) is 11.9. The minimum Gasteiger partial charge on any atom is -0.460 e. The third kappa shape index (κ3) is 8.37. The van der Waals surface area contributed by atoms with Crippen LogP contribution in [0.15, 0.2) is 30.3 Å². The molecule has 34 heavy (non-hydrogen) atoms. The maximum atomic E-state index is 13.2. The topological polar surface area (TPSA) is 139 Å². The van der Waals surface area contributed by atoms with Crippen LogP contribution in [0.4, 0.5) is 0 Å². The Hall–Kier alpha value is -3.07. The van der Waals surface area contributed by atoms with E-state index < -0.39 is 53.4 Å². The Labute approximate surface area is 200 Å². The van der Waals surface area contributed by atoms with Crippen molar-refractivity contribution >= 4 is 30.5 Å². The van der Waals surface area contributed by atoms with Crippen molar-refractivity contribution in [2.75, 3.05) is 0 Å². The number of ether oxygens (including phenoxy) is 1. The van der Waals surface area contributed by atoms with Gasteiger partial charge in [-0.15, -0.1) is 0 Å². The number of rotatable bonds is 9. The van der Waals surface area contributed by atoms with Gasteiger partial charge in [-0.05, 0) is 39.2 Å². The molecule has 1 aromatic rings. The van der Waals surface area contributed by atoms with Crippen LogP contribution in [0.1, 0.15) is 64.9 Å². The number of hydrogen-bond donors (Lipinski definition) is 3. The van der Waals surface area contributed by atoms with Gasteiger partial charge in [0.25, 0.3) is 0 Å². The van der Waals surface area contributed by atoms with Crippen LogP contribution < -0.4 is 16.4 Å². The third-order valence-electron chi connectivity index (χ3n) is 5.64. The maximum Gasteiger partial charge on any atom is 0.602 e. The van der Waals surface area contributed by atoms with Gasteiger partial charge in [-0.3, -0.25) is 18.8 Å². The summed E-state index contributed by atoms with van der Waals surface area (Å²) in [6.07, 6.45) is 3.50. The summed E-state index contributed by atoms with van der Waals surface area (Å²) in [5.41, 5.74) is 5.35. The van der Waals surface area contributed by atoms with Crippen molar-refractivity contribution < 1.29 is 28.3 Å². The molecule has 1 fully saturated rings. The molecule has 0 aromatic heterocycles. The smallest absolute Gasteiger partial charge is 0.460 e. The summed E-state index contributed by atoms with van der Waals surface area (Å²) in [4.78, 5) is 50.8. The number of carbonyl (C=O) groups is 4. The second-order valence-corrected chi connectivity index (χ2v) is 9.75. The van der Waals surface area contributed by atoms with E-state index in [1.54, 1.807) is 20.8 Å². The van der Waals surface area contributed by atoms with Gasteiger partial charge >= 0.3 is 11.9 Å². The summed E-state index contributed by atoms with van der Waals surface area (Å²) >= 11 is 0. The summed E-state index contributed by atoms with van der Waals surface area (Å²) < 4.78 is 9.77. The summed E-state index contributed by atoms with van der Waals surface area (Å²) in [6.45, 7) is 8.16. The largest absolute Gasteiger partial charge is 0.602 e. The Morgan fingerprint density at radius 2 is 1.68 bits per heavy atom. The molecule has 0 heterocycles. The number of nitrogens with one attached hydrogen (secondary N) is 2. The van der Waals surface area contributed by atoms with Gasteiger partial charge in [-0.1, -0.05) is 49.6 Å². The van der Waals surface area contributed by atoms with E-state index >= 15 is 0 Å². The number of hydrogen-bond acceptors (Lipinski definition) is 6. The molecule has 0 unspecified atom stereocenters. The first-order valence-electron chi connectivity index (χ1n) is 11.6. The Kier molecular flexibility index (Phi) is 9.49. The summed E-state index contributed by atoms with van der Waals surface area (Å²) in [6, 6.07) is 6.80. The molecule has 0 radical (unpaired) electrons. The summed E-state index contributed by atoms with van der Waals surface area (Å²) in [5.74, 6) is -2.64. The Morgan fingerprint density at radius 1 is 1.06 bits per heavy atom. The van der Waals surface area contributed by atoms with Crippen LogP contribution in [-0.4, -0.2) is 53.8 Å². The van der Waals surface area contributed by atoms with Crippen LogP contribution in [0.25, 0.3) is 0 Å². The molecule has 4 N–H and O–H groups in total. The van der Waals surface area contributed by atoms with E-state index in [1.807, 2.05) is 30.3 Å². The number of esters is 1. The first kappa shape index (κ1) is 27.2. The molecule has 0 bridgehead atoms. The van der Waals surface area contributed by atoms with E-state index in [0.717, 1.165) is 24.8 Å². The average molecular weight is 475 g/mol. The minimum atomic E-state index is -1.32. The normalized spacial score (nSPS) is 17.1. The van der Waals surface area contributed by atoms with Crippen LogP contribution >= 0.6 is 0 Å². The van der Waals surface area contributed by atoms with Crippen molar-refractivity contribution in [2.24, 2.45) is 5.73 Å². The zero-order chi connectivity index (χ0) is 25.4. The lowest BCUT2D eigenvalue weighted by Crippen LogP contribution is -2.60. The van der Waals surface area contributed by atoms with Crippen LogP contribution in [0.2, 0.25) is 0 Å². The highest BCUT2D eigenvalue weighted by atomic mass is 16.6. The van der Waals surface area contributed by atoms with Gasteiger partial charge in [0.05, 0.1) is 16.8 Å². The fourth-order valence-corrected chi connectivity index (χ4v) is 3.89. The molecular formula is C25H36N3O6+. The van der Waals surface area contributed by atoms with E-state index in [2.05, 4.69) is 21.8 Å². The SMILES string of the molecule is C=[O+]C(=O)[C@H](CC(=O)OC(C)(C)C)NC(=O)[C@H](Cc1ccccc1)NC(=O)C1(N)CCCCC1. The van der Waals surface area contributed by atoms with E-state index in [4.69, 9.17) is 10.5 Å². The van der Waals surface area contributed by atoms with Crippen molar-refractivity contribution in [2.45, 2.75) is 88.9 Å². The number of nitrogens with two attached hydrogens (primary N) is 1. The summed E-state index contributed by atoms with van der Waals surface area (Å²) in [7, 11) is 0. The standard InChI is InChI=1S/C25H35N3O6/c1-24(2,3)34-20(29)16-19(22(31)33-4)27-21(30)18(15-17-11-7-5-8-12-17)28-23(32)25(26)13-9-6-10-14-25/h5,7-8,11-12,18-19H,4,6,9-10,13-16,26H2,1-3H3,(H-,27,28,30,32)/p+1/t18-,19-/m0/s1. The number of amides is 2. The quantitative estimate of drug-likeness (QED) is 0.366. The molecule has 9 nitrogen and oxygen atoms in total. The van der Waals surface area contributed by atoms with Gasteiger partial charge in [0.15, 0.2) is 6.79 Å². The van der Waals surface area contributed by atoms with Crippen LogP contribution in [0.5, 0.6) is 0 Å². The fraction of sp³-hybridized carbons (Fsp3) is 0.560. The lowest BCUT2D eigenvalue weighted by Gasteiger charge is -2.33. The van der Waals surface area contributed by atoms with Crippen molar-refractivity contribution in [3.05, 3.63) is 35.9 Å². The zero-order valence-electron chi connectivity index (χ0n) is 20.2. The van der Waals surface area contributed by atoms with E-state index in [-0.39, 0.29) is 6.42 Å². The lowest BCUT2D eigenvalue weighted by atomic mass is 9.81. The van der Waals surface area contributed by atoms with Gasteiger partial charge in [0, 0.05) is 6.42 Å². The number of benzene rings is 1. The van der Waals surface area contributed by atoms with Crippen molar-refractivity contribution in [3.63, 3.8) is 0 Å². The van der Waals surface area contributed by atoms with Gasteiger partial charge in [0.2, 0.25) is 17.9 Å².